The van der Waals surface area contributed by atoms with Gasteiger partial charge in [0.15, 0.2) is 0 Å². The van der Waals surface area contributed by atoms with E-state index >= 15 is 0 Å². The Kier molecular flexibility index (Phi) is 5.54. The predicted octanol–water partition coefficient (Wildman–Crippen LogP) is 4.28. The lowest BCUT2D eigenvalue weighted by atomic mass is 10.1. The minimum absolute atomic E-state index is 0.342. The summed E-state index contributed by atoms with van der Waals surface area (Å²) in [6.07, 6.45) is 0. The molecular weight excluding hydrogens is 472 g/mol. The van der Waals surface area contributed by atoms with Crippen molar-refractivity contribution in [2.75, 3.05) is 22.7 Å². The summed E-state index contributed by atoms with van der Waals surface area (Å²) < 4.78 is 5.73. The van der Waals surface area contributed by atoms with Crippen LogP contribution in [0.5, 0.6) is 0 Å². The molecule has 0 saturated heterocycles. The summed E-state index contributed by atoms with van der Waals surface area (Å²) in [5, 5.41) is 0. The molecule has 2 heterocycles. The molecule has 0 bridgehead atoms. The first-order valence-electron chi connectivity index (χ1n) is 10.3. The highest BCUT2D eigenvalue weighted by molar-refractivity contribution is 7.99. The zero-order valence-corrected chi connectivity index (χ0v) is 19.8. The van der Waals surface area contributed by atoms with Crippen molar-refractivity contribution in [3.05, 3.63) is 95.1 Å². The van der Waals surface area contributed by atoms with Gasteiger partial charge in [0, 0.05) is 25.5 Å². The van der Waals surface area contributed by atoms with Crippen molar-refractivity contribution in [3.8, 4) is 0 Å². The molecular formula is C24H18N4O4S2. The van der Waals surface area contributed by atoms with Crippen LogP contribution >= 0.6 is 24.3 Å². The van der Waals surface area contributed by atoms with Crippen molar-refractivity contribution in [1.82, 2.24) is 8.61 Å². The quantitative estimate of drug-likeness (QED) is 0.374. The van der Waals surface area contributed by atoms with Crippen LogP contribution in [-0.4, -0.2) is 46.3 Å². The number of anilines is 2. The lowest BCUT2D eigenvalue weighted by Crippen LogP contribution is -2.28. The number of rotatable bonds is 6. The zero-order chi connectivity index (χ0) is 24.0. The molecule has 0 aliphatic carbocycles. The maximum Gasteiger partial charge on any atom is 0.273 e. The minimum Gasteiger partial charge on any atom is -0.301 e. The Balaban J connectivity index is 1.25. The fourth-order valence-electron chi connectivity index (χ4n) is 3.69. The predicted molar refractivity (Wildman–Crippen MR) is 132 cm³/mol. The van der Waals surface area contributed by atoms with Gasteiger partial charge in [-0.2, -0.15) is 8.61 Å². The minimum atomic E-state index is -0.342. The maximum atomic E-state index is 12.6. The van der Waals surface area contributed by atoms with Gasteiger partial charge in [0.05, 0.1) is 46.5 Å². The molecule has 2 aliphatic heterocycles. The van der Waals surface area contributed by atoms with Gasteiger partial charge in [-0.1, -0.05) is 24.3 Å². The first kappa shape index (κ1) is 22.1. The lowest BCUT2D eigenvalue weighted by molar-refractivity contribution is 0.0760. The number of carbonyl (C=O) groups excluding carboxylic acids is 4. The molecule has 10 heteroatoms. The van der Waals surface area contributed by atoms with E-state index in [1.807, 2.05) is 24.3 Å². The molecule has 0 radical (unpaired) electrons. The van der Waals surface area contributed by atoms with Crippen molar-refractivity contribution in [3.63, 3.8) is 0 Å². The zero-order valence-electron chi connectivity index (χ0n) is 18.2. The average molecular weight is 491 g/mol. The molecule has 2 aliphatic rings. The molecule has 170 valence electrons. The van der Waals surface area contributed by atoms with Crippen LogP contribution in [0.4, 0.5) is 11.4 Å². The third-order valence-corrected chi connectivity index (χ3v) is 7.40. The average Bonchev–Trinajstić information content (AvgIpc) is 3.25. The van der Waals surface area contributed by atoms with E-state index in [0.29, 0.717) is 22.3 Å². The summed E-state index contributed by atoms with van der Waals surface area (Å²) in [6, 6.07) is 20.8. The van der Waals surface area contributed by atoms with Crippen molar-refractivity contribution >= 4 is 59.3 Å². The van der Waals surface area contributed by atoms with E-state index in [9.17, 15) is 19.2 Å². The molecule has 34 heavy (non-hydrogen) atoms. The first-order chi connectivity index (χ1) is 16.4. The molecule has 0 fully saturated rings. The Morgan fingerprint density at radius 2 is 0.765 bits per heavy atom. The Bertz CT molecular complexity index is 1170. The van der Waals surface area contributed by atoms with Crippen molar-refractivity contribution in [2.24, 2.45) is 0 Å². The molecule has 0 atom stereocenters. The highest BCUT2D eigenvalue weighted by Crippen LogP contribution is 2.35. The van der Waals surface area contributed by atoms with E-state index in [2.05, 4.69) is 0 Å². The van der Waals surface area contributed by atoms with Gasteiger partial charge in [-0.25, -0.2) is 0 Å². The smallest absolute Gasteiger partial charge is 0.273 e. The molecule has 0 saturated carbocycles. The highest BCUT2D eigenvalue weighted by atomic mass is 32.2. The molecule has 4 amide bonds. The number of imide groups is 2. The fraction of sp³-hybridized carbons (Fsp3) is 0.0833. The number of hydrogen-bond acceptors (Lipinski definition) is 8. The second-order valence-corrected chi connectivity index (χ2v) is 9.73. The summed E-state index contributed by atoms with van der Waals surface area (Å²) in [5.41, 5.74) is 3.13. The third kappa shape index (κ3) is 3.61. The summed E-state index contributed by atoms with van der Waals surface area (Å²) in [5.74, 6) is -1.37. The Morgan fingerprint density at radius 1 is 0.500 bits per heavy atom. The van der Waals surface area contributed by atoms with Crippen LogP contribution < -0.4 is 8.61 Å². The third-order valence-electron chi connectivity index (χ3n) is 5.50. The van der Waals surface area contributed by atoms with E-state index in [4.69, 9.17) is 0 Å². The number of hydrogen-bond donors (Lipinski definition) is 0. The van der Waals surface area contributed by atoms with Gasteiger partial charge in [-0.05, 0) is 48.5 Å². The summed E-state index contributed by atoms with van der Waals surface area (Å²) in [7, 11) is 3.53. The van der Waals surface area contributed by atoms with Crippen LogP contribution in [0.1, 0.15) is 41.4 Å². The van der Waals surface area contributed by atoms with Crippen LogP contribution in [0.3, 0.4) is 0 Å². The molecule has 0 spiro atoms. The van der Waals surface area contributed by atoms with E-state index in [1.165, 1.54) is 0 Å². The van der Waals surface area contributed by atoms with E-state index < -0.39 is 0 Å². The largest absolute Gasteiger partial charge is 0.301 e. The monoisotopic (exact) mass is 490 g/mol. The van der Waals surface area contributed by atoms with E-state index in [-0.39, 0.29) is 23.6 Å². The molecule has 3 aromatic rings. The number of nitrogens with zero attached hydrogens (tertiary/aromatic N) is 4. The SMILES string of the molecule is CN(SN1C(=O)c2ccccc2C1=O)c1ccc(N(C)SN2C(=O)c3ccccc3C2=O)cc1. The van der Waals surface area contributed by atoms with Crippen LogP contribution in [0.25, 0.3) is 0 Å². The number of fused-ring (bicyclic) bond motifs is 2. The lowest BCUT2D eigenvalue weighted by Gasteiger charge is -2.24. The highest BCUT2D eigenvalue weighted by Gasteiger charge is 2.38. The van der Waals surface area contributed by atoms with Gasteiger partial charge in [0.2, 0.25) is 0 Å². The second-order valence-electron chi connectivity index (χ2n) is 7.58. The summed E-state index contributed by atoms with van der Waals surface area (Å²) in [6.45, 7) is 0. The van der Waals surface area contributed by atoms with Gasteiger partial charge >= 0.3 is 0 Å². The van der Waals surface area contributed by atoms with Crippen molar-refractivity contribution in [1.29, 1.82) is 0 Å². The van der Waals surface area contributed by atoms with Gasteiger partial charge < -0.3 is 8.61 Å². The normalized spacial score (nSPS) is 14.5. The summed E-state index contributed by atoms with van der Waals surface area (Å²) >= 11 is 2.04. The van der Waals surface area contributed by atoms with Crippen LogP contribution in [0.2, 0.25) is 0 Å². The van der Waals surface area contributed by atoms with E-state index in [0.717, 1.165) is 44.3 Å². The van der Waals surface area contributed by atoms with Gasteiger partial charge in [0.1, 0.15) is 0 Å². The second kappa shape index (κ2) is 8.54. The Morgan fingerprint density at radius 3 is 1.03 bits per heavy atom. The molecule has 0 unspecified atom stereocenters. The van der Waals surface area contributed by atoms with Gasteiger partial charge in [-0.15, -0.1) is 0 Å². The number of carbonyl (C=O) groups is 4. The molecule has 5 rings (SSSR count). The standard InChI is InChI=1S/C24H18N4O4S2/c1-25(33-27-21(29)17-7-3-4-8-18(17)22(27)30)15-11-13-16(14-12-15)26(2)34-28-23(31)19-9-5-6-10-20(19)24(28)32/h3-14H,1-2H3. The van der Waals surface area contributed by atoms with E-state index in [1.54, 1.807) is 71.2 Å². The number of benzene rings is 3. The van der Waals surface area contributed by atoms with Crippen LogP contribution in [-0.2, 0) is 0 Å². The number of amides is 4. The molecule has 3 aromatic carbocycles. The maximum absolute atomic E-state index is 12.6. The van der Waals surface area contributed by atoms with Gasteiger partial charge in [0.25, 0.3) is 23.6 Å². The van der Waals surface area contributed by atoms with Crippen LogP contribution in [0, 0.1) is 0 Å². The Hall–Kier alpha value is -3.76. The molecule has 0 aromatic heterocycles. The van der Waals surface area contributed by atoms with Crippen molar-refractivity contribution in [2.45, 2.75) is 0 Å². The first-order valence-corrected chi connectivity index (χ1v) is 11.7. The molecule has 8 nitrogen and oxygen atoms in total. The van der Waals surface area contributed by atoms with Crippen LogP contribution in [0.15, 0.2) is 72.8 Å². The Labute approximate surface area is 204 Å². The topological polar surface area (TPSA) is 81.2 Å². The fourth-order valence-corrected chi connectivity index (χ4v) is 5.31. The van der Waals surface area contributed by atoms with Crippen molar-refractivity contribution < 1.29 is 19.2 Å². The molecule has 0 N–H and O–H groups in total. The summed E-state index contributed by atoms with van der Waals surface area (Å²) in [4.78, 5) is 50.4. The van der Waals surface area contributed by atoms with Gasteiger partial charge in [-0.3, -0.25) is 19.2 Å².